The standard InChI is InChI=1S/C23H27N3O3/c1-14-7-5-9-17(11-14)26-22(27)18-12-25(20-10-6-8-15(2)16(20)3)13-19(21(18)24-26)23(28)29-4/h5,7,9,11-13,15-16,20H,6,8,10H2,1-4H3. The second kappa shape index (κ2) is 7.50. The number of nitrogens with zero attached hydrogens (tertiary/aromatic N) is 3. The second-order valence-corrected chi connectivity index (χ2v) is 8.26. The van der Waals surface area contributed by atoms with Gasteiger partial charge in [0.05, 0.1) is 18.4 Å². The first kappa shape index (κ1) is 19.4. The lowest BCUT2D eigenvalue weighted by Crippen LogP contribution is -2.28. The number of carbonyl (C=O) groups excluding carboxylic acids is 1. The second-order valence-electron chi connectivity index (χ2n) is 8.26. The maximum Gasteiger partial charge on any atom is 0.341 e. The highest BCUT2D eigenvalue weighted by Crippen LogP contribution is 2.38. The van der Waals surface area contributed by atoms with E-state index in [1.807, 2.05) is 42.0 Å². The molecule has 0 spiro atoms. The summed E-state index contributed by atoms with van der Waals surface area (Å²) in [4.78, 5) is 25.8. The van der Waals surface area contributed by atoms with Crippen LogP contribution in [0.4, 0.5) is 0 Å². The van der Waals surface area contributed by atoms with Crippen molar-refractivity contribution >= 4 is 5.97 Å². The number of aryl methyl sites for hydroxylation is 1. The average Bonchev–Trinajstić information content (AvgIpc) is 3.05. The van der Waals surface area contributed by atoms with Crippen LogP contribution in [0.3, 0.4) is 0 Å². The van der Waals surface area contributed by atoms with Crippen molar-refractivity contribution in [3.05, 3.63) is 58.1 Å². The minimum atomic E-state index is -0.477. The summed E-state index contributed by atoms with van der Waals surface area (Å²) in [5.41, 5.74) is 2.67. The van der Waals surface area contributed by atoms with Crippen molar-refractivity contribution in [1.82, 2.24) is 14.3 Å². The summed E-state index contributed by atoms with van der Waals surface area (Å²) in [6, 6.07) is 7.86. The lowest BCUT2D eigenvalue weighted by molar-refractivity contribution is 0.0599. The van der Waals surface area contributed by atoms with E-state index in [9.17, 15) is 9.59 Å². The third-order valence-electron chi connectivity index (χ3n) is 6.39. The minimum absolute atomic E-state index is 0.221. The fraction of sp³-hybridized carbons (Fsp3) is 0.435. The Bertz CT molecular complexity index is 1080. The maximum absolute atomic E-state index is 13.2. The van der Waals surface area contributed by atoms with Crippen molar-refractivity contribution in [2.45, 2.75) is 46.1 Å². The Morgan fingerprint density at radius 2 is 2.00 bits per heavy atom. The number of methoxy groups -OCH3 is 1. The van der Waals surface area contributed by atoms with Crippen LogP contribution in [0.25, 0.3) is 16.9 Å². The Hall–Kier alpha value is -2.89. The van der Waals surface area contributed by atoms with Crippen LogP contribution in [0.5, 0.6) is 0 Å². The van der Waals surface area contributed by atoms with Crippen molar-refractivity contribution in [2.75, 3.05) is 7.11 Å². The lowest BCUT2D eigenvalue weighted by atomic mass is 9.78. The highest BCUT2D eigenvalue weighted by molar-refractivity contribution is 5.96. The molecule has 3 aliphatic rings. The molecule has 3 unspecified atom stereocenters. The summed E-state index contributed by atoms with van der Waals surface area (Å²) in [7, 11) is 1.35. The Kier molecular flexibility index (Phi) is 5.03. The van der Waals surface area contributed by atoms with E-state index in [1.54, 1.807) is 6.20 Å². The fourth-order valence-electron chi connectivity index (χ4n) is 4.49. The molecular weight excluding hydrogens is 366 g/mol. The molecule has 152 valence electrons. The molecule has 0 bridgehead atoms. The van der Waals surface area contributed by atoms with Gasteiger partial charge in [-0.05, 0) is 42.9 Å². The number of hydrogen-bond acceptors (Lipinski definition) is 4. The van der Waals surface area contributed by atoms with Crippen LogP contribution in [0.1, 0.15) is 55.1 Å². The number of esters is 1. The van der Waals surface area contributed by atoms with Gasteiger partial charge in [-0.2, -0.15) is 9.78 Å². The molecule has 2 aliphatic heterocycles. The van der Waals surface area contributed by atoms with E-state index in [0.717, 1.165) is 18.4 Å². The third-order valence-corrected chi connectivity index (χ3v) is 6.39. The molecule has 1 aliphatic carbocycles. The minimum Gasteiger partial charge on any atom is -0.465 e. The summed E-state index contributed by atoms with van der Waals surface area (Å²) in [5, 5.41) is 4.50. The summed E-state index contributed by atoms with van der Waals surface area (Å²) in [5.74, 6) is 0.577. The Balaban J connectivity index is 1.92. The largest absolute Gasteiger partial charge is 0.465 e. The summed E-state index contributed by atoms with van der Waals surface area (Å²) in [6.07, 6.45) is 7.05. The molecule has 6 nitrogen and oxygen atoms in total. The van der Waals surface area contributed by atoms with Gasteiger partial charge in [-0.3, -0.25) is 4.79 Å². The van der Waals surface area contributed by atoms with Gasteiger partial charge in [0.1, 0.15) is 11.3 Å². The van der Waals surface area contributed by atoms with E-state index >= 15 is 0 Å². The zero-order chi connectivity index (χ0) is 20.7. The van der Waals surface area contributed by atoms with Crippen molar-refractivity contribution in [1.29, 1.82) is 0 Å². The number of benzene rings is 1. The van der Waals surface area contributed by atoms with Gasteiger partial charge in [-0.1, -0.05) is 38.8 Å². The average molecular weight is 393 g/mol. The van der Waals surface area contributed by atoms with Crippen LogP contribution in [0.2, 0.25) is 0 Å². The van der Waals surface area contributed by atoms with E-state index in [-0.39, 0.29) is 11.6 Å². The molecule has 3 atom stereocenters. The van der Waals surface area contributed by atoms with Gasteiger partial charge in [0.2, 0.25) is 0 Å². The van der Waals surface area contributed by atoms with Crippen molar-refractivity contribution in [3.63, 3.8) is 0 Å². The molecule has 1 fully saturated rings. The predicted octanol–water partition coefficient (Wildman–Crippen LogP) is 4.23. The van der Waals surface area contributed by atoms with E-state index < -0.39 is 5.97 Å². The molecule has 0 amide bonds. The first-order chi connectivity index (χ1) is 13.9. The van der Waals surface area contributed by atoms with Crippen LogP contribution < -0.4 is 5.56 Å². The van der Waals surface area contributed by atoms with Gasteiger partial charge in [0.25, 0.3) is 5.56 Å². The SMILES string of the molecule is COC(=O)c1cn(C2CCCC(C)C2C)cc2c(=O)n(-c3cccc(C)c3)nc1-2. The van der Waals surface area contributed by atoms with E-state index in [2.05, 4.69) is 18.9 Å². The van der Waals surface area contributed by atoms with Crippen molar-refractivity contribution < 1.29 is 9.53 Å². The number of carbonyl (C=O) groups is 1. The zero-order valence-electron chi connectivity index (χ0n) is 17.4. The molecule has 1 aromatic rings. The normalized spacial score (nSPS) is 22.0. The van der Waals surface area contributed by atoms with Crippen LogP contribution in [-0.2, 0) is 4.74 Å². The van der Waals surface area contributed by atoms with Crippen molar-refractivity contribution in [2.24, 2.45) is 11.8 Å². The number of ether oxygens (including phenoxy) is 1. The van der Waals surface area contributed by atoms with Crippen LogP contribution in [0.15, 0.2) is 41.5 Å². The molecule has 0 aromatic heterocycles. The highest BCUT2D eigenvalue weighted by atomic mass is 16.5. The molecule has 6 heteroatoms. The van der Waals surface area contributed by atoms with Crippen molar-refractivity contribution in [3.8, 4) is 16.9 Å². The number of rotatable bonds is 3. The Morgan fingerprint density at radius 3 is 2.72 bits per heavy atom. The van der Waals surface area contributed by atoms with Gasteiger partial charge < -0.3 is 9.30 Å². The Morgan fingerprint density at radius 1 is 1.21 bits per heavy atom. The first-order valence-corrected chi connectivity index (χ1v) is 10.2. The zero-order valence-corrected chi connectivity index (χ0v) is 17.4. The molecule has 29 heavy (non-hydrogen) atoms. The van der Waals surface area contributed by atoms with Gasteiger partial charge >= 0.3 is 5.97 Å². The lowest BCUT2D eigenvalue weighted by Gasteiger charge is -2.36. The fourth-order valence-corrected chi connectivity index (χ4v) is 4.49. The first-order valence-electron chi connectivity index (χ1n) is 10.2. The van der Waals surface area contributed by atoms with Crippen LogP contribution in [0, 0.1) is 18.8 Å². The van der Waals surface area contributed by atoms with Gasteiger partial charge in [-0.25, -0.2) is 4.79 Å². The summed E-state index contributed by atoms with van der Waals surface area (Å²) in [6.45, 7) is 6.49. The summed E-state index contributed by atoms with van der Waals surface area (Å²) >= 11 is 0. The van der Waals surface area contributed by atoms with Gasteiger partial charge in [0, 0.05) is 18.4 Å². The van der Waals surface area contributed by atoms with E-state index in [0.29, 0.717) is 34.3 Å². The van der Waals surface area contributed by atoms with Gasteiger partial charge in [0.15, 0.2) is 0 Å². The number of fused-ring (bicyclic) bond motifs is 1. The molecule has 1 saturated carbocycles. The monoisotopic (exact) mass is 393 g/mol. The van der Waals surface area contributed by atoms with E-state index in [1.165, 1.54) is 18.2 Å². The number of pyridine rings is 1. The number of aromatic nitrogens is 3. The Labute approximate surface area is 170 Å². The van der Waals surface area contributed by atoms with Crippen LogP contribution >= 0.6 is 0 Å². The molecule has 1 aromatic carbocycles. The molecule has 4 rings (SSSR count). The third kappa shape index (κ3) is 3.37. The highest BCUT2D eigenvalue weighted by Gasteiger charge is 2.31. The summed E-state index contributed by atoms with van der Waals surface area (Å²) < 4.78 is 8.42. The number of hydrogen-bond donors (Lipinski definition) is 0. The molecular formula is C23H27N3O3. The maximum atomic E-state index is 13.2. The van der Waals surface area contributed by atoms with E-state index in [4.69, 9.17) is 4.74 Å². The van der Waals surface area contributed by atoms with Gasteiger partial charge in [-0.15, -0.1) is 0 Å². The van der Waals surface area contributed by atoms with Crippen LogP contribution in [-0.4, -0.2) is 27.4 Å². The molecule has 0 N–H and O–H groups in total. The molecule has 0 radical (unpaired) electrons. The smallest absolute Gasteiger partial charge is 0.341 e. The topological polar surface area (TPSA) is 66.1 Å². The molecule has 0 saturated heterocycles. The predicted molar refractivity (Wildman–Crippen MR) is 112 cm³/mol. The molecule has 2 heterocycles. The quantitative estimate of drug-likeness (QED) is 0.625.